The summed E-state index contributed by atoms with van der Waals surface area (Å²) >= 11 is 1.49. The molecule has 0 amide bonds. The molecule has 0 radical (unpaired) electrons. The zero-order valence-corrected chi connectivity index (χ0v) is 19.7. The average molecular weight is 474 g/mol. The molecular weight excluding hydrogens is 450 g/mol. The number of hydrogen-bond acceptors (Lipinski definition) is 7. The van der Waals surface area contributed by atoms with Gasteiger partial charge in [0.2, 0.25) is 5.78 Å². The van der Waals surface area contributed by atoms with Crippen molar-refractivity contribution >= 4 is 34.4 Å². The first-order chi connectivity index (χ1) is 16.5. The summed E-state index contributed by atoms with van der Waals surface area (Å²) in [6.07, 6.45) is 2.06. The Kier molecular flexibility index (Phi) is 7.14. The van der Waals surface area contributed by atoms with Gasteiger partial charge in [-0.3, -0.25) is 4.79 Å². The number of Topliss-reactive ketones (excluding diaryl/α,β-unsaturated/α-hetero) is 1. The first kappa shape index (κ1) is 23.3. The number of fused-ring (bicyclic) bond motifs is 1. The zero-order chi connectivity index (χ0) is 24.1. The van der Waals surface area contributed by atoms with E-state index in [1.54, 1.807) is 18.3 Å². The highest BCUT2D eigenvalue weighted by molar-refractivity contribution is 7.98. The van der Waals surface area contributed by atoms with Crippen molar-refractivity contribution in [2.24, 2.45) is 0 Å². The van der Waals surface area contributed by atoms with E-state index >= 15 is 0 Å². The summed E-state index contributed by atoms with van der Waals surface area (Å²) in [5, 5.41) is 13.7. The molecule has 0 atom stereocenters. The standard InChI is InChI=1S/C26H23N3O4S/c1-17-22(18(2)33-28-17)16-34-25-11-6-4-9-20(25)26(31)32-15-24(30)21-14-29(13-7-12-27)23-10-5-3-8-19(21)23/h3-6,8-11,14H,7,13,15-16H2,1-2H3. The number of hydrogen-bond donors (Lipinski definition) is 0. The summed E-state index contributed by atoms with van der Waals surface area (Å²) in [5.41, 5.74) is 3.57. The van der Waals surface area contributed by atoms with Crippen molar-refractivity contribution in [2.75, 3.05) is 6.61 Å². The van der Waals surface area contributed by atoms with E-state index in [-0.39, 0.29) is 12.4 Å². The van der Waals surface area contributed by atoms with Crippen molar-refractivity contribution < 1.29 is 18.8 Å². The second-order valence-corrected chi connectivity index (χ2v) is 8.77. The van der Waals surface area contributed by atoms with Gasteiger partial charge in [-0.05, 0) is 32.0 Å². The van der Waals surface area contributed by atoms with Crippen LogP contribution < -0.4 is 0 Å². The molecule has 2 aromatic heterocycles. The van der Waals surface area contributed by atoms with E-state index in [1.165, 1.54) is 11.8 Å². The van der Waals surface area contributed by atoms with Crippen LogP contribution in [0.25, 0.3) is 10.9 Å². The Morgan fingerprint density at radius 2 is 1.88 bits per heavy atom. The minimum Gasteiger partial charge on any atom is -0.454 e. The van der Waals surface area contributed by atoms with Gasteiger partial charge >= 0.3 is 5.97 Å². The van der Waals surface area contributed by atoms with E-state index in [0.717, 1.165) is 32.8 Å². The van der Waals surface area contributed by atoms with Crippen LogP contribution in [0.15, 0.2) is 64.1 Å². The van der Waals surface area contributed by atoms with Crippen molar-refractivity contribution in [3.63, 3.8) is 0 Å². The molecule has 0 unspecified atom stereocenters. The van der Waals surface area contributed by atoms with Gasteiger partial charge in [-0.1, -0.05) is 35.5 Å². The lowest BCUT2D eigenvalue weighted by Crippen LogP contribution is -2.14. The maximum absolute atomic E-state index is 12.9. The van der Waals surface area contributed by atoms with E-state index < -0.39 is 5.97 Å². The molecule has 7 nitrogen and oxygen atoms in total. The van der Waals surface area contributed by atoms with Gasteiger partial charge in [-0.15, -0.1) is 11.8 Å². The number of nitriles is 1. The molecule has 0 aliphatic carbocycles. The Morgan fingerprint density at radius 3 is 2.65 bits per heavy atom. The molecule has 0 saturated carbocycles. The largest absolute Gasteiger partial charge is 0.454 e. The number of rotatable bonds is 9. The van der Waals surface area contributed by atoms with E-state index in [1.807, 2.05) is 54.8 Å². The molecule has 172 valence electrons. The molecular formula is C26H23N3O4S. The fourth-order valence-corrected chi connectivity index (χ4v) is 4.92. The summed E-state index contributed by atoms with van der Waals surface area (Å²) in [5.74, 6) is 0.515. The maximum Gasteiger partial charge on any atom is 0.339 e. The quantitative estimate of drug-likeness (QED) is 0.180. The summed E-state index contributed by atoms with van der Waals surface area (Å²) < 4.78 is 12.5. The number of ether oxygens (including phenoxy) is 1. The Labute approximate surface area is 201 Å². The van der Waals surface area contributed by atoms with Gasteiger partial charge in [0.1, 0.15) is 5.76 Å². The van der Waals surface area contributed by atoms with Crippen molar-refractivity contribution in [1.29, 1.82) is 5.26 Å². The third-order valence-electron chi connectivity index (χ3n) is 5.55. The molecule has 8 heteroatoms. The fraction of sp³-hybridized carbons (Fsp3) is 0.231. The summed E-state index contributed by atoms with van der Waals surface area (Å²) in [6, 6.07) is 16.8. The molecule has 0 aliphatic rings. The number of esters is 1. The van der Waals surface area contributed by atoms with E-state index in [9.17, 15) is 9.59 Å². The van der Waals surface area contributed by atoms with Crippen molar-refractivity contribution in [2.45, 2.75) is 37.5 Å². The molecule has 0 fully saturated rings. The number of aromatic nitrogens is 2. The maximum atomic E-state index is 12.9. The Morgan fingerprint density at radius 1 is 1.12 bits per heavy atom. The van der Waals surface area contributed by atoms with Crippen LogP contribution in [0.1, 0.15) is 44.2 Å². The first-order valence-corrected chi connectivity index (χ1v) is 11.8. The van der Waals surface area contributed by atoms with Crippen LogP contribution in [0.2, 0.25) is 0 Å². The highest BCUT2D eigenvalue weighted by atomic mass is 32.2. The molecule has 4 rings (SSSR count). The molecule has 0 N–H and O–H groups in total. The number of nitrogens with zero attached hydrogens (tertiary/aromatic N) is 3. The van der Waals surface area contributed by atoms with Crippen LogP contribution in [0.4, 0.5) is 0 Å². The second-order valence-electron chi connectivity index (χ2n) is 7.75. The van der Waals surface area contributed by atoms with Gasteiger partial charge in [0, 0.05) is 45.4 Å². The lowest BCUT2D eigenvalue weighted by atomic mass is 10.1. The van der Waals surface area contributed by atoms with Crippen LogP contribution in [0.5, 0.6) is 0 Å². The molecule has 0 saturated heterocycles. The highest BCUT2D eigenvalue weighted by Gasteiger charge is 2.19. The normalized spacial score (nSPS) is 10.9. The van der Waals surface area contributed by atoms with Crippen LogP contribution in [0, 0.1) is 25.2 Å². The first-order valence-electron chi connectivity index (χ1n) is 10.8. The SMILES string of the molecule is Cc1noc(C)c1CSc1ccccc1C(=O)OCC(=O)c1cn(CCC#N)c2ccccc12. The number of ketones is 1. The van der Waals surface area contributed by atoms with E-state index in [4.69, 9.17) is 14.5 Å². The van der Waals surface area contributed by atoms with Crippen LogP contribution >= 0.6 is 11.8 Å². The number of benzene rings is 2. The fourth-order valence-electron chi connectivity index (χ4n) is 3.73. The molecule has 0 bridgehead atoms. The monoisotopic (exact) mass is 473 g/mol. The van der Waals surface area contributed by atoms with Crippen LogP contribution in [-0.4, -0.2) is 28.1 Å². The van der Waals surface area contributed by atoms with E-state index in [2.05, 4.69) is 11.2 Å². The lowest BCUT2D eigenvalue weighted by Gasteiger charge is -2.09. The lowest BCUT2D eigenvalue weighted by molar-refractivity contribution is 0.0471. The second kappa shape index (κ2) is 10.4. The summed E-state index contributed by atoms with van der Waals surface area (Å²) in [7, 11) is 0. The third-order valence-corrected chi connectivity index (χ3v) is 6.65. The Balaban J connectivity index is 1.46. The third kappa shape index (κ3) is 4.90. The predicted molar refractivity (Wildman–Crippen MR) is 129 cm³/mol. The Hall–Kier alpha value is -3.83. The minimum absolute atomic E-state index is 0.291. The predicted octanol–water partition coefficient (Wildman–Crippen LogP) is 5.49. The van der Waals surface area contributed by atoms with Crippen LogP contribution in [0.3, 0.4) is 0 Å². The molecule has 2 heterocycles. The number of para-hydroxylation sites is 1. The molecule has 2 aromatic carbocycles. The van der Waals surface area contributed by atoms with Crippen molar-refractivity contribution in [3.05, 3.63) is 82.9 Å². The smallest absolute Gasteiger partial charge is 0.339 e. The summed E-state index contributed by atoms with van der Waals surface area (Å²) in [4.78, 5) is 26.5. The zero-order valence-electron chi connectivity index (χ0n) is 18.9. The van der Waals surface area contributed by atoms with Gasteiger partial charge in [0.05, 0.1) is 23.7 Å². The van der Waals surface area contributed by atoms with Gasteiger partial charge in [-0.2, -0.15) is 5.26 Å². The van der Waals surface area contributed by atoms with Gasteiger partial charge in [0.25, 0.3) is 0 Å². The molecule has 0 spiro atoms. The molecule has 34 heavy (non-hydrogen) atoms. The van der Waals surface area contributed by atoms with E-state index in [0.29, 0.717) is 29.8 Å². The summed E-state index contributed by atoms with van der Waals surface area (Å²) in [6.45, 7) is 3.86. The molecule has 4 aromatic rings. The van der Waals surface area contributed by atoms with Gasteiger partial charge in [0.15, 0.2) is 6.61 Å². The minimum atomic E-state index is -0.552. The van der Waals surface area contributed by atoms with Crippen LogP contribution in [-0.2, 0) is 17.0 Å². The van der Waals surface area contributed by atoms with Gasteiger partial charge in [-0.25, -0.2) is 4.79 Å². The number of aryl methyl sites for hydroxylation is 3. The molecule has 0 aliphatic heterocycles. The number of carbonyl (C=O) groups excluding carboxylic acids is 2. The average Bonchev–Trinajstić information content (AvgIpc) is 3.39. The number of carbonyl (C=O) groups is 2. The number of thioether (sulfide) groups is 1. The topological polar surface area (TPSA) is 98.1 Å². The highest BCUT2D eigenvalue weighted by Crippen LogP contribution is 2.29. The van der Waals surface area contributed by atoms with Crippen molar-refractivity contribution in [1.82, 2.24) is 9.72 Å². The van der Waals surface area contributed by atoms with Gasteiger partial charge < -0.3 is 13.8 Å². The Bertz CT molecular complexity index is 1380. The van der Waals surface area contributed by atoms with Crippen molar-refractivity contribution in [3.8, 4) is 6.07 Å².